The average Bonchev–Trinajstić information content (AvgIpc) is 2.68. The van der Waals surface area contributed by atoms with Gasteiger partial charge in [-0.1, -0.05) is 6.07 Å². The van der Waals surface area contributed by atoms with Gasteiger partial charge in [0.2, 0.25) is 0 Å². The van der Waals surface area contributed by atoms with Gasteiger partial charge in [0.1, 0.15) is 6.04 Å². The summed E-state index contributed by atoms with van der Waals surface area (Å²) in [5, 5.41) is 11.9. The first-order chi connectivity index (χ1) is 7.16. The lowest BCUT2D eigenvalue weighted by Gasteiger charge is -2.10. The van der Waals surface area contributed by atoms with Gasteiger partial charge in [-0.15, -0.1) is 11.8 Å². The lowest BCUT2D eigenvalue weighted by molar-refractivity contribution is -0.138. The minimum absolute atomic E-state index is 0.00620. The molecule has 0 radical (unpaired) electrons. The summed E-state index contributed by atoms with van der Waals surface area (Å²) in [6.07, 6.45) is 1.80. The van der Waals surface area contributed by atoms with Gasteiger partial charge in [-0.3, -0.25) is 15.1 Å². The minimum Gasteiger partial charge on any atom is -0.480 e. The Hall–Kier alpha value is -1.07. The van der Waals surface area contributed by atoms with Crippen LogP contribution in [-0.2, 0) is 4.79 Å². The van der Waals surface area contributed by atoms with Gasteiger partial charge in [-0.2, -0.15) is 0 Å². The largest absolute Gasteiger partial charge is 0.480 e. The molecule has 1 aromatic heterocycles. The number of carbonyl (C=O) groups is 1. The molecule has 2 N–H and O–H groups in total. The summed E-state index contributed by atoms with van der Waals surface area (Å²) < 4.78 is 0. The number of rotatable bonds is 2. The van der Waals surface area contributed by atoms with E-state index in [2.05, 4.69) is 10.3 Å². The van der Waals surface area contributed by atoms with Crippen molar-refractivity contribution < 1.29 is 9.90 Å². The molecule has 0 amide bonds. The molecule has 0 aromatic carbocycles. The normalized spacial score (nSPS) is 25.4. The first kappa shape index (κ1) is 10.4. The second-order valence-corrected chi connectivity index (χ2v) is 4.67. The first-order valence-corrected chi connectivity index (χ1v) is 5.74. The fourth-order valence-corrected chi connectivity index (χ4v) is 2.61. The van der Waals surface area contributed by atoms with E-state index in [1.165, 1.54) is 0 Å². The van der Waals surface area contributed by atoms with Gasteiger partial charge < -0.3 is 5.11 Å². The van der Waals surface area contributed by atoms with E-state index in [4.69, 9.17) is 5.11 Å². The Morgan fingerprint density at radius 3 is 3.00 bits per heavy atom. The lowest BCUT2D eigenvalue weighted by atomic mass is 10.2. The van der Waals surface area contributed by atoms with E-state index in [1.807, 2.05) is 19.1 Å². The summed E-state index contributed by atoms with van der Waals surface area (Å²) in [6.45, 7) is 1.98. The highest BCUT2D eigenvalue weighted by Gasteiger charge is 2.30. The Labute approximate surface area is 92.1 Å². The number of pyridine rings is 1. The quantitative estimate of drug-likeness (QED) is 0.789. The standard InChI is InChI=1S/C10H12N2O2S/c1-6-2-3-7(11-4-6)9-12-8(5-15-9)10(13)14/h2-4,8-9,12H,5H2,1H3,(H,13,14)/t8-,9?/m0/s1. The number of aryl methyl sites for hydroxylation is 1. The van der Waals surface area contributed by atoms with Crippen molar-refractivity contribution in [3.63, 3.8) is 0 Å². The molecule has 2 heterocycles. The van der Waals surface area contributed by atoms with Gasteiger partial charge >= 0.3 is 5.97 Å². The van der Waals surface area contributed by atoms with Gasteiger partial charge in [-0.05, 0) is 18.6 Å². The van der Waals surface area contributed by atoms with Crippen molar-refractivity contribution in [2.75, 3.05) is 5.75 Å². The number of aliphatic carboxylic acids is 1. The molecular weight excluding hydrogens is 212 g/mol. The van der Waals surface area contributed by atoms with E-state index in [-0.39, 0.29) is 5.37 Å². The van der Waals surface area contributed by atoms with Crippen molar-refractivity contribution >= 4 is 17.7 Å². The molecule has 2 rings (SSSR count). The molecular formula is C10H12N2O2S. The fraction of sp³-hybridized carbons (Fsp3) is 0.400. The smallest absolute Gasteiger partial charge is 0.321 e. The van der Waals surface area contributed by atoms with Crippen LogP contribution in [0.2, 0.25) is 0 Å². The topological polar surface area (TPSA) is 62.2 Å². The summed E-state index contributed by atoms with van der Waals surface area (Å²) in [4.78, 5) is 15.0. The zero-order valence-electron chi connectivity index (χ0n) is 8.30. The zero-order valence-corrected chi connectivity index (χ0v) is 9.12. The number of nitrogens with one attached hydrogen (secondary N) is 1. The Morgan fingerprint density at radius 1 is 1.67 bits per heavy atom. The van der Waals surface area contributed by atoms with Crippen LogP contribution >= 0.6 is 11.8 Å². The fourth-order valence-electron chi connectivity index (χ4n) is 1.42. The van der Waals surface area contributed by atoms with Crippen molar-refractivity contribution in [3.8, 4) is 0 Å². The zero-order chi connectivity index (χ0) is 10.8. The summed E-state index contributed by atoms with van der Waals surface area (Å²) in [5.74, 6) is -0.202. The molecule has 1 unspecified atom stereocenters. The number of hydrogen-bond acceptors (Lipinski definition) is 4. The van der Waals surface area contributed by atoms with Gasteiger partial charge in [0.15, 0.2) is 0 Å². The van der Waals surface area contributed by atoms with Crippen LogP contribution in [0.4, 0.5) is 0 Å². The minimum atomic E-state index is -0.794. The van der Waals surface area contributed by atoms with Crippen LogP contribution in [-0.4, -0.2) is 27.9 Å². The molecule has 0 bridgehead atoms. The van der Waals surface area contributed by atoms with Crippen molar-refractivity contribution in [1.82, 2.24) is 10.3 Å². The number of carboxylic acids is 1. The molecule has 5 heteroatoms. The van der Waals surface area contributed by atoms with E-state index in [0.29, 0.717) is 5.75 Å². The third-order valence-electron chi connectivity index (χ3n) is 2.28. The maximum absolute atomic E-state index is 10.7. The summed E-state index contributed by atoms with van der Waals surface area (Å²) in [6, 6.07) is 3.46. The van der Waals surface area contributed by atoms with E-state index in [1.54, 1.807) is 18.0 Å². The molecule has 1 aliphatic rings. The highest BCUT2D eigenvalue weighted by atomic mass is 32.2. The number of nitrogens with zero attached hydrogens (tertiary/aromatic N) is 1. The first-order valence-electron chi connectivity index (χ1n) is 4.70. The molecule has 0 saturated carbocycles. The van der Waals surface area contributed by atoms with Crippen LogP contribution in [0, 0.1) is 6.92 Å². The van der Waals surface area contributed by atoms with Crippen LogP contribution in [0.25, 0.3) is 0 Å². The third kappa shape index (κ3) is 2.30. The van der Waals surface area contributed by atoms with Crippen LogP contribution in [0.1, 0.15) is 16.6 Å². The number of hydrogen-bond donors (Lipinski definition) is 2. The summed E-state index contributed by atoms with van der Waals surface area (Å²) >= 11 is 1.58. The van der Waals surface area contributed by atoms with E-state index >= 15 is 0 Å². The number of carboxylic acid groups (broad SMARTS) is 1. The van der Waals surface area contributed by atoms with Crippen LogP contribution < -0.4 is 5.32 Å². The predicted octanol–water partition coefficient (Wildman–Crippen LogP) is 1.18. The molecule has 0 aliphatic carbocycles. The van der Waals surface area contributed by atoms with Gasteiger partial charge in [0, 0.05) is 11.9 Å². The van der Waals surface area contributed by atoms with Crippen LogP contribution in [0.15, 0.2) is 18.3 Å². The highest BCUT2D eigenvalue weighted by molar-refractivity contribution is 7.99. The van der Waals surface area contributed by atoms with Crippen molar-refractivity contribution in [2.45, 2.75) is 18.3 Å². The highest BCUT2D eigenvalue weighted by Crippen LogP contribution is 2.31. The maximum atomic E-state index is 10.7. The molecule has 1 saturated heterocycles. The molecule has 80 valence electrons. The molecule has 4 nitrogen and oxygen atoms in total. The van der Waals surface area contributed by atoms with Crippen molar-refractivity contribution in [3.05, 3.63) is 29.6 Å². The molecule has 1 fully saturated rings. The summed E-state index contributed by atoms with van der Waals surface area (Å²) in [5.41, 5.74) is 2.01. The Morgan fingerprint density at radius 2 is 2.47 bits per heavy atom. The Bertz CT molecular complexity index is 366. The van der Waals surface area contributed by atoms with Crippen LogP contribution in [0.5, 0.6) is 0 Å². The van der Waals surface area contributed by atoms with E-state index in [0.717, 1.165) is 11.3 Å². The molecule has 0 spiro atoms. The van der Waals surface area contributed by atoms with E-state index in [9.17, 15) is 4.79 Å². The number of thioether (sulfide) groups is 1. The SMILES string of the molecule is Cc1ccc(C2N[C@H](C(=O)O)CS2)nc1. The van der Waals surface area contributed by atoms with Crippen LogP contribution in [0.3, 0.4) is 0 Å². The molecule has 1 aliphatic heterocycles. The molecule has 15 heavy (non-hydrogen) atoms. The van der Waals surface area contributed by atoms with E-state index < -0.39 is 12.0 Å². The monoisotopic (exact) mass is 224 g/mol. The Kier molecular flexibility index (Phi) is 2.93. The van der Waals surface area contributed by atoms with Crippen molar-refractivity contribution in [1.29, 1.82) is 0 Å². The predicted molar refractivity (Wildman–Crippen MR) is 58.7 cm³/mol. The Balaban J connectivity index is 2.07. The third-order valence-corrected chi connectivity index (χ3v) is 3.52. The summed E-state index contributed by atoms with van der Waals surface area (Å²) in [7, 11) is 0. The molecule has 1 aromatic rings. The second kappa shape index (κ2) is 4.20. The number of aromatic nitrogens is 1. The maximum Gasteiger partial charge on any atom is 0.321 e. The molecule has 2 atom stereocenters. The van der Waals surface area contributed by atoms with Crippen molar-refractivity contribution in [2.24, 2.45) is 0 Å². The van der Waals surface area contributed by atoms with Gasteiger partial charge in [0.25, 0.3) is 0 Å². The van der Waals surface area contributed by atoms with Gasteiger partial charge in [0.05, 0.1) is 11.1 Å². The van der Waals surface area contributed by atoms with Gasteiger partial charge in [-0.25, -0.2) is 0 Å². The average molecular weight is 224 g/mol. The lowest BCUT2D eigenvalue weighted by Crippen LogP contribution is -2.33. The second-order valence-electron chi connectivity index (χ2n) is 3.53.